The Morgan fingerprint density at radius 2 is 1.84 bits per heavy atom. The highest BCUT2D eigenvalue weighted by atomic mass is 16.5. The molecule has 0 spiro atoms. The minimum absolute atomic E-state index is 0.0437. The van der Waals surface area contributed by atoms with E-state index >= 15 is 0 Å². The monoisotopic (exact) mass is 430 g/mol. The average molecular weight is 431 g/mol. The second kappa shape index (κ2) is 10.1. The molecular weight excluding hydrogens is 404 g/mol. The molecule has 4 rings (SSSR count). The van der Waals surface area contributed by atoms with E-state index in [1.54, 1.807) is 6.07 Å². The Morgan fingerprint density at radius 1 is 1.06 bits per heavy atom. The van der Waals surface area contributed by atoms with Crippen LogP contribution in [0.3, 0.4) is 0 Å². The fourth-order valence-corrected chi connectivity index (χ4v) is 3.62. The third kappa shape index (κ3) is 5.34. The van der Waals surface area contributed by atoms with E-state index in [9.17, 15) is 4.79 Å². The molecule has 0 bridgehead atoms. The molecule has 32 heavy (non-hydrogen) atoms. The Morgan fingerprint density at radius 3 is 2.62 bits per heavy atom. The van der Waals surface area contributed by atoms with E-state index in [0.717, 1.165) is 35.5 Å². The maximum atomic E-state index is 11.0. The lowest BCUT2D eigenvalue weighted by molar-refractivity contribution is -0.144. The number of hydrogen-bond donors (Lipinski definition) is 2. The van der Waals surface area contributed by atoms with Gasteiger partial charge in [0.1, 0.15) is 11.3 Å². The summed E-state index contributed by atoms with van der Waals surface area (Å²) in [6.07, 6.45) is -0.0653. The molecular formula is C26H26N2O4. The average Bonchev–Trinajstić information content (AvgIpc) is 3.23. The van der Waals surface area contributed by atoms with Crippen LogP contribution in [-0.2, 0) is 11.3 Å². The molecule has 0 amide bonds. The minimum Gasteiger partial charge on any atom is -0.479 e. The number of rotatable bonds is 10. The molecule has 2 N–H and O–H groups in total. The molecule has 1 aromatic heterocycles. The fourth-order valence-electron chi connectivity index (χ4n) is 3.62. The zero-order chi connectivity index (χ0) is 22.3. The van der Waals surface area contributed by atoms with Crippen LogP contribution in [0.4, 0.5) is 0 Å². The number of hydrogen-bond acceptors (Lipinski definition) is 5. The number of fused-ring (bicyclic) bond motifs is 1. The largest absolute Gasteiger partial charge is 0.479 e. The van der Waals surface area contributed by atoms with Crippen LogP contribution in [0, 0.1) is 0 Å². The molecule has 0 fully saturated rings. The number of para-hydroxylation sites is 2. The highest BCUT2D eigenvalue weighted by Crippen LogP contribution is 2.29. The maximum Gasteiger partial charge on any atom is 0.344 e. The normalized spacial score (nSPS) is 13.0. The van der Waals surface area contributed by atoms with Crippen molar-refractivity contribution in [3.8, 4) is 5.75 Å². The smallest absolute Gasteiger partial charge is 0.344 e. The Balaban J connectivity index is 1.41. The highest BCUT2D eigenvalue weighted by Gasteiger charge is 2.20. The Labute approximate surface area is 186 Å². The molecule has 164 valence electrons. The van der Waals surface area contributed by atoms with Gasteiger partial charge in [-0.3, -0.25) is 0 Å². The molecule has 6 nitrogen and oxygen atoms in total. The van der Waals surface area contributed by atoms with Crippen molar-refractivity contribution >= 4 is 17.1 Å². The van der Waals surface area contributed by atoms with E-state index < -0.39 is 12.1 Å². The number of carboxylic acids is 1. The predicted octanol–water partition coefficient (Wildman–Crippen LogP) is 4.99. The van der Waals surface area contributed by atoms with Crippen LogP contribution in [0.2, 0.25) is 0 Å². The van der Waals surface area contributed by atoms with Gasteiger partial charge in [-0.2, -0.15) is 0 Å². The van der Waals surface area contributed by atoms with Crippen molar-refractivity contribution in [3.63, 3.8) is 0 Å². The van der Waals surface area contributed by atoms with Gasteiger partial charge in [0.15, 0.2) is 11.7 Å². The first-order chi connectivity index (χ1) is 15.6. The Kier molecular flexibility index (Phi) is 6.82. The summed E-state index contributed by atoms with van der Waals surface area (Å²) in [5, 5.41) is 12.5. The van der Waals surface area contributed by atoms with Crippen LogP contribution in [0.25, 0.3) is 11.1 Å². The van der Waals surface area contributed by atoms with Gasteiger partial charge < -0.3 is 19.6 Å². The molecule has 1 heterocycles. The second-order valence-electron chi connectivity index (χ2n) is 7.69. The summed E-state index contributed by atoms with van der Waals surface area (Å²) in [6.45, 7) is 2.92. The van der Waals surface area contributed by atoms with Gasteiger partial charge in [-0.1, -0.05) is 54.6 Å². The molecule has 0 aliphatic rings. The standard InChI is InChI=1S/C26H26N2O4/c1-18(26(29)30)31-21-11-7-8-19(16-21)17-27-15-14-22(20-9-3-2-4-10-20)25-28-23-12-5-6-13-24(23)32-25/h2-13,16,18,22,27H,14-15,17H2,1H3,(H,29,30). The predicted molar refractivity (Wildman–Crippen MR) is 123 cm³/mol. The molecule has 2 unspecified atom stereocenters. The van der Waals surface area contributed by atoms with Crippen LogP contribution in [-0.4, -0.2) is 28.7 Å². The molecule has 0 aliphatic carbocycles. The third-order valence-corrected chi connectivity index (χ3v) is 5.31. The number of oxazole rings is 1. The summed E-state index contributed by atoms with van der Waals surface area (Å²) >= 11 is 0. The Hall–Kier alpha value is -3.64. The quantitative estimate of drug-likeness (QED) is 0.345. The van der Waals surface area contributed by atoms with E-state index in [1.807, 2.05) is 60.7 Å². The lowest BCUT2D eigenvalue weighted by Gasteiger charge is -2.15. The van der Waals surface area contributed by atoms with Gasteiger partial charge in [-0.25, -0.2) is 9.78 Å². The van der Waals surface area contributed by atoms with Crippen molar-refractivity contribution in [2.45, 2.75) is 31.9 Å². The number of nitrogens with one attached hydrogen (secondary N) is 1. The van der Waals surface area contributed by atoms with E-state index in [1.165, 1.54) is 12.5 Å². The van der Waals surface area contributed by atoms with Crippen LogP contribution < -0.4 is 10.1 Å². The van der Waals surface area contributed by atoms with E-state index in [4.69, 9.17) is 19.2 Å². The first-order valence-electron chi connectivity index (χ1n) is 10.7. The molecule has 0 aliphatic heterocycles. The summed E-state index contributed by atoms with van der Waals surface area (Å²) in [5.41, 5.74) is 3.85. The van der Waals surface area contributed by atoms with Gasteiger partial charge in [0.25, 0.3) is 0 Å². The number of aromatic nitrogens is 1. The number of benzene rings is 3. The van der Waals surface area contributed by atoms with Crippen molar-refractivity contribution in [2.75, 3.05) is 6.54 Å². The van der Waals surface area contributed by atoms with Crippen LogP contribution in [0.5, 0.6) is 5.75 Å². The minimum atomic E-state index is -0.986. The summed E-state index contributed by atoms with van der Waals surface area (Å²) in [4.78, 5) is 15.7. The van der Waals surface area contributed by atoms with Crippen molar-refractivity contribution in [1.29, 1.82) is 0 Å². The fraction of sp³-hybridized carbons (Fsp3) is 0.231. The van der Waals surface area contributed by atoms with Gasteiger partial charge in [0.2, 0.25) is 5.89 Å². The SMILES string of the molecule is CC(Oc1cccc(CNCCC(c2ccccc2)c2nc3ccccc3o2)c1)C(=O)O. The van der Waals surface area contributed by atoms with Gasteiger partial charge in [-0.05, 0) is 55.3 Å². The van der Waals surface area contributed by atoms with Crippen LogP contribution in [0.1, 0.15) is 36.3 Å². The van der Waals surface area contributed by atoms with Crippen LogP contribution in [0.15, 0.2) is 83.3 Å². The van der Waals surface area contributed by atoms with E-state index in [0.29, 0.717) is 12.3 Å². The number of carbonyl (C=O) groups is 1. The molecule has 3 aromatic carbocycles. The lowest BCUT2D eigenvalue weighted by Crippen LogP contribution is -2.23. The summed E-state index contributed by atoms with van der Waals surface area (Å²) < 4.78 is 11.5. The van der Waals surface area contributed by atoms with Gasteiger partial charge >= 0.3 is 5.97 Å². The topological polar surface area (TPSA) is 84.6 Å². The molecule has 0 radical (unpaired) electrons. The van der Waals surface area contributed by atoms with E-state index in [2.05, 4.69) is 17.4 Å². The number of nitrogens with zero attached hydrogens (tertiary/aromatic N) is 1. The summed E-state index contributed by atoms with van der Waals surface area (Å²) in [6, 6.07) is 25.6. The molecule has 4 aromatic rings. The highest BCUT2D eigenvalue weighted by molar-refractivity contribution is 5.72. The van der Waals surface area contributed by atoms with Crippen molar-refractivity contribution in [3.05, 3.63) is 95.9 Å². The summed E-state index contributed by atoms with van der Waals surface area (Å²) in [7, 11) is 0. The zero-order valence-electron chi connectivity index (χ0n) is 17.9. The van der Waals surface area contributed by atoms with Crippen molar-refractivity contribution < 1.29 is 19.1 Å². The number of carboxylic acid groups (broad SMARTS) is 1. The van der Waals surface area contributed by atoms with Gasteiger partial charge in [-0.15, -0.1) is 0 Å². The first kappa shape index (κ1) is 21.6. The maximum absolute atomic E-state index is 11.0. The molecule has 2 atom stereocenters. The molecule has 6 heteroatoms. The van der Waals surface area contributed by atoms with Crippen LogP contribution >= 0.6 is 0 Å². The van der Waals surface area contributed by atoms with Crippen molar-refractivity contribution in [2.24, 2.45) is 0 Å². The zero-order valence-corrected chi connectivity index (χ0v) is 17.9. The first-order valence-corrected chi connectivity index (χ1v) is 10.7. The second-order valence-corrected chi connectivity index (χ2v) is 7.69. The molecule has 0 saturated carbocycles. The number of ether oxygens (including phenoxy) is 1. The lowest BCUT2D eigenvalue weighted by atomic mass is 9.95. The Bertz CT molecular complexity index is 1140. The molecule has 0 saturated heterocycles. The van der Waals surface area contributed by atoms with Crippen molar-refractivity contribution in [1.82, 2.24) is 10.3 Å². The van der Waals surface area contributed by atoms with Gasteiger partial charge in [0.05, 0.1) is 5.92 Å². The summed E-state index contributed by atoms with van der Waals surface area (Å²) in [5.74, 6) is 0.326. The number of aliphatic carboxylic acids is 1. The third-order valence-electron chi connectivity index (χ3n) is 5.31. The van der Waals surface area contributed by atoms with Gasteiger partial charge in [0, 0.05) is 6.54 Å². The van der Waals surface area contributed by atoms with E-state index in [-0.39, 0.29) is 5.92 Å².